The number of benzene rings is 1. The number of fused-ring (bicyclic) bond motifs is 1. The number of rotatable bonds is 4. The van der Waals surface area contributed by atoms with Crippen molar-refractivity contribution < 1.29 is 9.47 Å². The van der Waals surface area contributed by atoms with Crippen LogP contribution in [0.5, 0.6) is 5.75 Å². The third-order valence-electron chi connectivity index (χ3n) is 3.84. The van der Waals surface area contributed by atoms with Crippen LogP contribution in [-0.2, 0) is 4.74 Å². The molecule has 2 heterocycles. The van der Waals surface area contributed by atoms with Crippen LogP contribution >= 0.6 is 23.2 Å². The van der Waals surface area contributed by atoms with Crippen molar-refractivity contribution in [1.29, 1.82) is 0 Å². The number of hydrogen-bond donors (Lipinski definition) is 1. The molecule has 0 bridgehead atoms. The van der Waals surface area contributed by atoms with E-state index in [1.165, 1.54) is 18.4 Å². The van der Waals surface area contributed by atoms with Crippen molar-refractivity contribution in [3.8, 4) is 5.75 Å². The van der Waals surface area contributed by atoms with Crippen molar-refractivity contribution in [3.63, 3.8) is 0 Å². The summed E-state index contributed by atoms with van der Waals surface area (Å²) in [5, 5.41) is 4.69. The largest absolute Gasteiger partial charge is 0.487 e. The quantitative estimate of drug-likeness (QED) is 0.912. The summed E-state index contributed by atoms with van der Waals surface area (Å²) < 4.78 is 11.2. The van der Waals surface area contributed by atoms with Crippen LogP contribution in [0.4, 0.5) is 0 Å². The van der Waals surface area contributed by atoms with Gasteiger partial charge < -0.3 is 14.8 Å². The smallest absolute Gasteiger partial charge is 0.145 e. The molecular weight excluding hydrogens is 309 g/mol. The summed E-state index contributed by atoms with van der Waals surface area (Å²) >= 11 is 12.2. The van der Waals surface area contributed by atoms with Crippen LogP contribution in [0.3, 0.4) is 0 Å². The van der Waals surface area contributed by atoms with Crippen molar-refractivity contribution in [2.24, 2.45) is 5.92 Å². The summed E-state index contributed by atoms with van der Waals surface area (Å²) in [6.07, 6.45) is 4.53. The Morgan fingerprint density at radius 2 is 2.19 bits per heavy atom. The zero-order chi connectivity index (χ0) is 14.7. The van der Waals surface area contributed by atoms with Gasteiger partial charge in [0.2, 0.25) is 0 Å². The van der Waals surface area contributed by atoms with E-state index in [2.05, 4.69) is 11.4 Å². The first-order valence-corrected chi connectivity index (χ1v) is 8.08. The lowest BCUT2D eigenvalue weighted by Gasteiger charge is -2.23. The lowest BCUT2D eigenvalue weighted by Crippen LogP contribution is -2.31. The van der Waals surface area contributed by atoms with E-state index in [4.69, 9.17) is 32.7 Å². The molecule has 0 radical (unpaired) electrons. The molecule has 3 rings (SSSR count). The van der Waals surface area contributed by atoms with Crippen LogP contribution < -0.4 is 10.1 Å². The average Bonchev–Trinajstić information content (AvgIpc) is 2.48. The third-order valence-corrected chi connectivity index (χ3v) is 4.34. The van der Waals surface area contributed by atoms with Crippen LogP contribution in [-0.4, -0.2) is 32.9 Å². The van der Waals surface area contributed by atoms with Crippen molar-refractivity contribution in [3.05, 3.63) is 33.3 Å². The van der Waals surface area contributed by atoms with E-state index in [9.17, 15) is 0 Å². The summed E-state index contributed by atoms with van der Waals surface area (Å²) in [7, 11) is 0. The molecule has 2 aliphatic heterocycles. The Hall–Kier alpha value is -0.740. The van der Waals surface area contributed by atoms with Gasteiger partial charge in [-0.05, 0) is 42.5 Å². The SMILES string of the molecule is Clc1cc(Cl)c2c(c1)C=C(CNCC1CCCOC1)CO2. The number of hydrogen-bond acceptors (Lipinski definition) is 3. The highest BCUT2D eigenvalue weighted by atomic mass is 35.5. The van der Waals surface area contributed by atoms with E-state index in [0.717, 1.165) is 37.6 Å². The molecule has 0 saturated carbocycles. The molecule has 3 nitrogen and oxygen atoms in total. The number of halogens is 2. The Morgan fingerprint density at radius 1 is 1.29 bits per heavy atom. The third kappa shape index (κ3) is 3.92. The van der Waals surface area contributed by atoms with E-state index in [0.29, 0.717) is 22.6 Å². The standard InChI is InChI=1S/C16H19Cl2NO2/c17-14-5-13-4-12(10-21-16(13)15(18)6-14)8-19-7-11-2-1-3-20-9-11/h4-6,11,19H,1-3,7-10H2. The topological polar surface area (TPSA) is 30.5 Å². The molecule has 1 aromatic rings. The van der Waals surface area contributed by atoms with Gasteiger partial charge in [0.1, 0.15) is 12.4 Å². The molecule has 5 heteroatoms. The molecule has 1 fully saturated rings. The Bertz CT molecular complexity index is 539. The first-order chi connectivity index (χ1) is 10.2. The molecule has 1 aromatic carbocycles. The minimum atomic E-state index is 0.570. The summed E-state index contributed by atoms with van der Waals surface area (Å²) in [4.78, 5) is 0. The van der Waals surface area contributed by atoms with E-state index in [1.54, 1.807) is 6.07 Å². The molecule has 1 unspecified atom stereocenters. The fraction of sp³-hybridized carbons (Fsp3) is 0.500. The van der Waals surface area contributed by atoms with Crippen molar-refractivity contribution >= 4 is 29.3 Å². The first kappa shape index (κ1) is 15.2. The lowest BCUT2D eigenvalue weighted by atomic mass is 10.0. The Morgan fingerprint density at radius 3 is 3.00 bits per heavy atom. The fourth-order valence-corrected chi connectivity index (χ4v) is 3.34. The maximum absolute atomic E-state index is 6.13. The van der Waals surface area contributed by atoms with Crippen molar-refractivity contribution in [2.75, 3.05) is 32.9 Å². The Kier molecular flexibility index (Phi) is 5.07. The highest BCUT2D eigenvalue weighted by Gasteiger charge is 2.17. The van der Waals surface area contributed by atoms with Gasteiger partial charge in [-0.15, -0.1) is 0 Å². The monoisotopic (exact) mass is 327 g/mol. The number of nitrogens with one attached hydrogen (secondary N) is 1. The average molecular weight is 328 g/mol. The van der Waals surface area contributed by atoms with Crippen LogP contribution in [0.1, 0.15) is 18.4 Å². The molecule has 1 N–H and O–H groups in total. The zero-order valence-electron chi connectivity index (χ0n) is 11.8. The summed E-state index contributed by atoms with van der Waals surface area (Å²) in [6.45, 7) is 4.16. The Labute approximate surface area is 135 Å². The minimum Gasteiger partial charge on any atom is -0.487 e. The van der Waals surface area contributed by atoms with Gasteiger partial charge in [-0.2, -0.15) is 0 Å². The molecule has 0 amide bonds. The zero-order valence-corrected chi connectivity index (χ0v) is 13.3. The lowest BCUT2D eigenvalue weighted by molar-refractivity contribution is 0.0551. The second kappa shape index (κ2) is 7.01. The van der Waals surface area contributed by atoms with E-state index < -0.39 is 0 Å². The highest BCUT2D eigenvalue weighted by molar-refractivity contribution is 6.36. The van der Waals surface area contributed by atoms with E-state index in [1.807, 2.05) is 6.07 Å². The predicted octanol–water partition coefficient (Wildman–Crippen LogP) is 3.79. The second-order valence-corrected chi connectivity index (χ2v) is 6.45. The summed E-state index contributed by atoms with van der Waals surface area (Å²) in [6, 6.07) is 3.60. The first-order valence-electron chi connectivity index (χ1n) is 7.32. The molecule has 1 saturated heterocycles. The predicted molar refractivity (Wildman–Crippen MR) is 86.3 cm³/mol. The van der Waals surface area contributed by atoms with Crippen LogP contribution in [0.15, 0.2) is 17.7 Å². The molecule has 1 atom stereocenters. The summed E-state index contributed by atoms with van der Waals surface area (Å²) in [5.41, 5.74) is 2.16. The van der Waals surface area contributed by atoms with Gasteiger partial charge >= 0.3 is 0 Å². The van der Waals surface area contributed by atoms with Crippen molar-refractivity contribution in [2.45, 2.75) is 12.8 Å². The van der Waals surface area contributed by atoms with Gasteiger partial charge in [0.05, 0.1) is 11.6 Å². The van der Waals surface area contributed by atoms with Crippen LogP contribution in [0.25, 0.3) is 6.08 Å². The minimum absolute atomic E-state index is 0.570. The van der Waals surface area contributed by atoms with Crippen LogP contribution in [0, 0.1) is 5.92 Å². The highest BCUT2D eigenvalue weighted by Crippen LogP contribution is 2.36. The molecule has 2 aliphatic rings. The summed E-state index contributed by atoms with van der Waals surface area (Å²) in [5.74, 6) is 1.35. The van der Waals surface area contributed by atoms with Gasteiger partial charge in [-0.1, -0.05) is 23.2 Å². The molecular formula is C16H19Cl2NO2. The normalized spacial score (nSPS) is 21.4. The van der Waals surface area contributed by atoms with E-state index in [-0.39, 0.29) is 0 Å². The fourth-order valence-electron chi connectivity index (χ4n) is 2.77. The molecule has 21 heavy (non-hydrogen) atoms. The van der Waals surface area contributed by atoms with E-state index >= 15 is 0 Å². The van der Waals surface area contributed by atoms with Gasteiger partial charge in [0.15, 0.2) is 0 Å². The maximum atomic E-state index is 6.13. The number of ether oxygens (including phenoxy) is 2. The maximum Gasteiger partial charge on any atom is 0.145 e. The Balaban J connectivity index is 1.57. The van der Waals surface area contributed by atoms with Crippen molar-refractivity contribution in [1.82, 2.24) is 5.32 Å². The molecule has 0 aliphatic carbocycles. The molecule has 114 valence electrons. The second-order valence-electron chi connectivity index (χ2n) is 5.61. The van der Waals surface area contributed by atoms with Gasteiger partial charge in [0, 0.05) is 30.3 Å². The van der Waals surface area contributed by atoms with Crippen LogP contribution in [0.2, 0.25) is 10.0 Å². The van der Waals surface area contributed by atoms with Gasteiger partial charge in [-0.25, -0.2) is 0 Å². The van der Waals surface area contributed by atoms with Gasteiger partial charge in [-0.3, -0.25) is 0 Å². The molecule has 0 aromatic heterocycles. The van der Waals surface area contributed by atoms with Gasteiger partial charge in [0.25, 0.3) is 0 Å². The molecule has 0 spiro atoms.